The number of nitrogens with two attached hydrogens (primary N) is 1. The largest absolute Gasteiger partial charge is 0.386 e. The number of amidine groups is 1. The van der Waals surface area contributed by atoms with Gasteiger partial charge in [0.2, 0.25) is 6.19 Å². The Kier molecular flexibility index (Phi) is 2.86. The van der Waals surface area contributed by atoms with Crippen molar-refractivity contribution in [3.05, 3.63) is 35.9 Å². The molecular weight excluding hydrogens is 150 g/mol. The summed E-state index contributed by atoms with van der Waals surface area (Å²) in [5.74, 6) is 0.351. The van der Waals surface area contributed by atoms with Crippen molar-refractivity contribution in [1.29, 1.82) is 5.26 Å². The highest BCUT2D eigenvalue weighted by Gasteiger charge is 1.94. The lowest BCUT2D eigenvalue weighted by Gasteiger charge is -1.97. The molecular formula is C9H9N3. The molecule has 0 amide bonds. The molecule has 0 aliphatic heterocycles. The van der Waals surface area contributed by atoms with Crippen molar-refractivity contribution in [1.82, 2.24) is 0 Å². The second kappa shape index (κ2) is 4.14. The molecule has 0 saturated heterocycles. The van der Waals surface area contributed by atoms with Crippen LogP contribution in [-0.2, 0) is 6.42 Å². The fourth-order valence-corrected chi connectivity index (χ4v) is 0.909. The van der Waals surface area contributed by atoms with E-state index < -0.39 is 0 Å². The molecule has 3 heteroatoms. The van der Waals surface area contributed by atoms with E-state index in [1.807, 2.05) is 30.3 Å². The Morgan fingerprint density at radius 1 is 1.42 bits per heavy atom. The molecule has 0 aliphatic carbocycles. The molecule has 0 fully saturated rings. The average molecular weight is 159 g/mol. The van der Waals surface area contributed by atoms with Crippen LogP contribution in [0.25, 0.3) is 0 Å². The number of rotatable bonds is 2. The minimum absolute atomic E-state index is 0.351. The van der Waals surface area contributed by atoms with Gasteiger partial charge in [0.15, 0.2) is 0 Å². The summed E-state index contributed by atoms with van der Waals surface area (Å²) >= 11 is 0. The topological polar surface area (TPSA) is 62.2 Å². The number of hydrogen-bond acceptors (Lipinski definition) is 2. The first kappa shape index (κ1) is 8.28. The maximum absolute atomic E-state index is 8.20. The first-order valence-corrected chi connectivity index (χ1v) is 3.58. The van der Waals surface area contributed by atoms with Gasteiger partial charge in [0.05, 0.1) is 0 Å². The van der Waals surface area contributed by atoms with Crippen LogP contribution in [0.5, 0.6) is 0 Å². The zero-order valence-electron chi connectivity index (χ0n) is 6.57. The summed E-state index contributed by atoms with van der Waals surface area (Å²) in [4.78, 5) is 3.42. The number of aliphatic imine (C=N–C) groups is 1. The van der Waals surface area contributed by atoms with Gasteiger partial charge in [-0.2, -0.15) is 10.3 Å². The molecule has 0 spiro atoms. The lowest BCUT2D eigenvalue weighted by atomic mass is 10.1. The molecule has 0 atom stereocenters. The molecule has 1 aromatic carbocycles. The summed E-state index contributed by atoms with van der Waals surface area (Å²) in [5, 5.41) is 8.20. The van der Waals surface area contributed by atoms with Gasteiger partial charge < -0.3 is 5.73 Å². The molecule has 0 unspecified atom stereocenters. The predicted octanol–water partition coefficient (Wildman–Crippen LogP) is 1.07. The van der Waals surface area contributed by atoms with E-state index in [1.54, 1.807) is 6.19 Å². The predicted molar refractivity (Wildman–Crippen MR) is 47.4 cm³/mol. The molecule has 12 heavy (non-hydrogen) atoms. The Balaban J connectivity index is 2.66. The molecule has 0 saturated carbocycles. The maximum Gasteiger partial charge on any atom is 0.207 e. The molecule has 0 radical (unpaired) electrons. The van der Waals surface area contributed by atoms with Crippen LogP contribution in [-0.4, -0.2) is 5.84 Å². The van der Waals surface area contributed by atoms with Gasteiger partial charge in [0, 0.05) is 6.42 Å². The van der Waals surface area contributed by atoms with Crippen LogP contribution < -0.4 is 5.73 Å². The van der Waals surface area contributed by atoms with Crippen LogP contribution in [0.1, 0.15) is 5.56 Å². The quantitative estimate of drug-likeness (QED) is 0.398. The van der Waals surface area contributed by atoms with Crippen LogP contribution in [0.4, 0.5) is 0 Å². The molecule has 60 valence electrons. The Morgan fingerprint density at radius 3 is 2.67 bits per heavy atom. The Labute approximate surface area is 71.2 Å². The van der Waals surface area contributed by atoms with Gasteiger partial charge in [-0.25, -0.2) is 0 Å². The third kappa shape index (κ3) is 2.43. The summed E-state index contributed by atoms with van der Waals surface area (Å²) in [7, 11) is 0. The van der Waals surface area contributed by atoms with E-state index in [0.29, 0.717) is 12.3 Å². The van der Waals surface area contributed by atoms with E-state index in [0.717, 1.165) is 5.56 Å². The van der Waals surface area contributed by atoms with Crippen molar-refractivity contribution in [3.8, 4) is 6.19 Å². The molecule has 0 heterocycles. The minimum Gasteiger partial charge on any atom is -0.386 e. The van der Waals surface area contributed by atoms with E-state index >= 15 is 0 Å². The monoisotopic (exact) mass is 159 g/mol. The summed E-state index contributed by atoms with van der Waals surface area (Å²) in [6.45, 7) is 0. The van der Waals surface area contributed by atoms with Crippen LogP contribution in [0.2, 0.25) is 0 Å². The zero-order chi connectivity index (χ0) is 8.81. The lowest BCUT2D eigenvalue weighted by Crippen LogP contribution is -2.14. The Bertz CT molecular complexity index is 308. The number of hydrogen-bond donors (Lipinski definition) is 1. The third-order valence-corrected chi connectivity index (χ3v) is 1.42. The normalized spacial score (nSPS) is 10.8. The second-order valence-corrected chi connectivity index (χ2v) is 2.37. The van der Waals surface area contributed by atoms with Crippen molar-refractivity contribution >= 4 is 5.84 Å². The van der Waals surface area contributed by atoms with E-state index in [9.17, 15) is 0 Å². The molecule has 3 nitrogen and oxygen atoms in total. The van der Waals surface area contributed by atoms with E-state index in [2.05, 4.69) is 4.99 Å². The third-order valence-electron chi connectivity index (χ3n) is 1.42. The molecule has 1 rings (SSSR count). The fourth-order valence-electron chi connectivity index (χ4n) is 0.909. The van der Waals surface area contributed by atoms with Gasteiger partial charge in [-0.05, 0) is 5.56 Å². The van der Waals surface area contributed by atoms with Crippen molar-refractivity contribution < 1.29 is 0 Å². The van der Waals surface area contributed by atoms with Gasteiger partial charge in [-0.15, -0.1) is 0 Å². The van der Waals surface area contributed by atoms with E-state index in [-0.39, 0.29) is 0 Å². The molecule has 0 aliphatic rings. The smallest absolute Gasteiger partial charge is 0.207 e. The Morgan fingerprint density at radius 2 is 2.08 bits per heavy atom. The van der Waals surface area contributed by atoms with E-state index in [4.69, 9.17) is 11.0 Å². The van der Waals surface area contributed by atoms with Crippen molar-refractivity contribution in [2.45, 2.75) is 6.42 Å². The maximum atomic E-state index is 8.20. The van der Waals surface area contributed by atoms with Crippen LogP contribution >= 0.6 is 0 Å². The highest BCUT2D eigenvalue weighted by Crippen LogP contribution is 1.98. The SMILES string of the molecule is N#CN=C(N)Cc1ccccc1. The van der Waals surface area contributed by atoms with Crippen molar-refractivity contribution in [2.75, 3.05) is 0 Å². The van der Waals surface area contributed by atoms with Gasteiger partial charge in [0.25, 0.3) is 0 Å². The molecule has 2 N–H and O–H groups in total. The van der Waals surface area contributed by atoms with Crippen molar-refractivity contribution in [2.24, 2.45) is 10.7 Å². The van der Waals surface area contributed by atoms with Gasteiger partial charge in [-0.3, -0.25) is 0 Å². The average Bonchev–Trinajstić information content (AvgIpc) is 2.06. The Hall–Kier alpha value is -1.82. The minimum atomic E-state index is 0.351. The summed E-state index contributed by atoms with van der Waals surface area (Å²) in [6, 6.07) is 9.67. The first-order chi connectivity index (χ1) is 5.83. The highest BCUT2D eigenvalue weighted by atomic mass is 14.8. The second-order valence-electron chi connectivity index (χ2n) is 2.37. The summed E-state index contributed by atoms with van der Waals surface area (Å²) in [5.41, 5.74) is 6.51. The van der Waals surface area contributed by atoms with Crippen LogP contribution in [0, 0.1) is 11.5 Å². The standard InChI is InChI=1S/C9H9N3/c10-7-12-9(11)6-8-4-2-1-3-5-8/h1-5H,6H2,(H2,11,12). The van der Waals surface area contributed by atoms with Gasteiger partial charge in [0.1, 0.15) is 5.84 Å². The van der Waals surface area contributed by atoms with E-state index in [1.165, 1.54) is 0 Å². The number of nitriles is 1. The van der Waals surface area contributed by atoms with Crippen molar-refractivity contribution in [3.63, 3.8) is 0 Å². The van der Waals surface area contributed by atoms with Gasteiger partial charge in [-0.1, -0.05) is 30.3 Å². The lowest BCUT2D eigenvalue weighted by molar-refractivity contribution is 1.27. The van der Waals surface area contributed by atoms with Crippen LogP contribution in [0.3, 0.4) is 0 Å². The number of benzene rings is 1. The molecule has 0 bridgehead atoms. The first-order valence-electron chi connectivity index (χ1n) is 3.58. The highest BCUT2D eigenvalue weighted by molar-refractivity contribution is 5.83. The summed E-state index contributed by atoms with van der Waals surface area (Å²) < 4.78 is 0. The van der Waals surface area contributed by atoms with Gasteiger partial charge >= 0.3 is 0 Å². The molecule has 0 aromatic heterocycles. The van der Waals surface area contributed by atoms with Crippen LogP contribution in [0.15, 0.2) is 35.3 Å². The molecule has 1 aromatic rings. The number of nitrogens with zero attached hydrogens (tertiary/aromatic N) is 2. The fraction of sp³-hybridized carbons (Fsp3) is 0.111. The zero-order valence-corrected chi connectivity index (χ0v) is 6.57. The summed E-state index contributed by atoms with van der Waals surface area (Å²) in [6.07, 6.45) is 2.19.